The smallest absolute Gasteiger partial charge is 0.226 e. The van der Waals surface area contributed by atoms with Crippen LogP contribution in [0.25, 0.3) is 0 Å². The van der Waals surface area contributed by atoms with Crippen LogP contribution in [-0.4, -0.2) is 31.5 Å². The lowest BCUT2D eigenvalue weighted by Gasteiger charge is -2.16. The van der Waals surface area contributed by atoms with Crippen molar-refractivity contribution in [3.8, 4) is 0 Å². The third-order valence-corrected chi connectivity index (χ3v) is 3.82. The average Bonchev–Trinajstić information content (AvgIpc) is 2.48. The molecule has 0 bridgehead atoms. The molecule has 0 saturated carbocycles. The number of hydrogen-bond acceptors (Lipinski definition) is 2. The summed E-state index contributed by atoms with van der Waals surface area (Å²) in [5, 5.41) is 9.32. The number of rotatable bonds is 6. The van der Waals surface area contributed by atoms with Gasteiger partial charge in [0.25, 0.3) is 0 Å². The summed E-state index contributed by atoms with van der Waals surface area (Å²) in [4.78, 5) is 16.1. The number of carbonyl (C=O) groups excluding carboxylic acids is 1. The third kappa shape index (κ3) is 8.55. The SMILES string of the molecule is CCC(C)NC(=NC)NCCC(=O)Nc1ccc(Br)cc1C.I. The lowest BCUT2D eigenvalue weighted by atomic mass is 10.2. The number of anilines is 1. The Morgan fingerprint density at radius 3 is 2.65 bits per heavy atom. The third-order valence-electron chi connectivity index (χ3n) is 3.33. The van der Waals surface area contributed by atoms with Crippen molar-refractivity contribution in [1.29, 1.82) is 0 Å². The Morgan fingerprint density at radius 2 is 2.09 bits per heavy atom. The first kappa shape index (κ1) is 22.2. The second-order valence-corrected chi connectivity index (χ2v) is 6.13. The Labute approximate surface area is 164 Å². The standard InChI is InChI=1S/C16H25BrN4O.HI/c1-5-12(3)20-16(18-4)19-9-8-15(22)21-14-7-6-13(17)10-11(14)2;/h6-7,10,12H,5,8-9H2,1-4H3,(H,21,22)(H2,18,19,20);1H. The molecule has 0 saturated heterocycles. The van der Waals surface area contributed by atoms with E-state index in [1.54, 1.807) is 7.05 Å². The van der Waals surface area contributed by atoms with E-state index in [4.69, 9.17) is 0 Å². The van der Waals surface area contributed by atoms with Gasteiger partial charge in [-0.2, -0.15) is 0 Å². The molecule has 0 aliphatic carbocycles. The van der Waals surface area contributed by atoms with Crippen LogP contribution in [0.4, 0.5) is 5.69 Å². The molecule has 1 atom stereocenters. The molecular formula is C16H26BrIN4O. The number of guanidine groups is 1. The minimum Gasteiger partial charge on any atom is -0.356 e. The van der Waals surface area contributed by atoms with Gasteiger partial charge in [0, 0.05) is 36.2 Å². The molecule has 0 fully saturated rings. The summed E-state index contributed by atoms with van der Waals surface area (Å²) < 4.78 is 1.00. The molecule has 0 aliphatic rings. The Kier molecular flexibility index (Phi) is 11.2. The zero-order chi connectivity index (χ0) is 16.5. The van der Waals surface area contributed by atoms with Crippen LogP contribution in [-0.2, 0) is 4.79 Å². The summed E-state index contributed by atoms with van der Waals surface area (Å²) >= 11 is 3.41. The molecule has 1 amide bonds. The van der Waals surface area contributed by atoms with Crippen molar-refractivity contribution in [3.63, 3.8) is 0 Å². The highest BCUT2D eigenvalue weighted by Gasteiger charge is 2.07. The van der Waals surface area contributed by atoms with Gasteiger partial charge in [-0.05, 0) is 44.0 Å². The Hall–Kier alpha value is -0.830. The highest BCUT2D eigenvalue weighted by atomic mass is 127. The molecule has 7 heteroatoms. The van der Waals surface area contributed by atoms with E-state index in [1.807, 2.05) is 25.1 Å². The molecule has 0 heterocycles. The van der Waals surface area contributed by atoms with Crippen LogP contribution in [0.15, 0.2) is 27.7 Å². The first-order chi connectivity index (χ1) is 10.5. The Balaban J connectivity index is 0.00000484. The monoisotopic (exact) mass is 496 g/mol. The topological polar surface area (TPSA) is 65.5 Å². The van der Waals surface area contributed by atoms with Gasteiger partial charge in [-0.3, -0.25) is 9.79 Å². The number of hydrogen-bond donors (Lipinski definition) is 3. The molecule has 0 aromatic heterocycles. The van der Waals surface area contributed by atoms with E-state index in [1.165, 1.54) is 0 Å². The van der Waals surface area contributed by atoms with Crippen LogP contribution in [0, 0.1) is 6.92 Å². The summed E-state index contributed by atoms with van der Waals surface area (Å²) in [5.41, 5.74) is 1.88. The fraction of sp³-hybridized carbons (Fsp3) is 0.500. The first-order valence-corrected chi connectivity index (χ1v) is 8.28. The van der Waals surface area contributed by atoms with Gasteiger partial charge in [0.1, 0.15) is 0 Å². The molecule has 0 spiro atoms. The number of carbonyl (C=O) groups is 1. The maximum Gasteiger partial charge on any atom is 0.226 e. The second-order valence-electron chi connectivity index (χ2n) is 5.21. The highest BCUT2D eigenvalue weighted by Crippen LogP contribution is 2.19. The van der Waals surface area contributed by atoms with Crippen molar-refractivity contribution < 1.29 is 4.79 Å². The van der Waals surface area contributed by atoms with E-state index in [-0.39, 0.29) is 29.9 Å². The van der Waals surface area contributed by atoms with Crippen molar-refractivity contribution in [1.82, 2.24) is 10.6 Å². The van der Waals surface area contributed by atoms with Crippen molar-refractivity contribution in [3.05, 3.63) is 28.2 Å². The molecule has 1 unspecified atom stereocenters. The molecule has 1 aromatic rings. The van der Waals surface area contributed by atoms with E-state index >= 15 is 0 Å². The van der Waals surface area contributed by atoms with Gasteiger partial charge < -0.3 is 16.0 Å². The summed E-state index contributed by atoms with van der Waals surface area (Å²) in [6.45, 7) is 6.71. The maximum atomic E-state index is 12.0. The van der Waals surface area contributed by atoms with Crippen LogP contribution in [0.2, 0.25) is 0 Å². The van der Waals surface area contributed by atoms with Gasteiger partial charge in [0.05, 0.1) is 0 Å². The van der Waals surface area contributed by atoms with Crippen LogP contribution >= 0.6 is 39.9 Å². The van der Waals surface area contributed by atoms with Crippen molar-refractivity contribution in [2.24, 2.45) is 4.99 Å². The van der Waals surface area contributed by atoms with Crippen molar-refractivity contribution in [2.45, 2.75) is 39.7 Å². The maximum absolute atomic E-state index is 12.0. The molecule has 3 N–H and O–H groups in total. The molecule has 1 rings (SSSR count). The normalized spacial score (nSPS) is 12.1. The number of nitrogens with zero attached hydrogens (tertiary/aromatic N) is 1. The van der Waals surface area contributed by atoms with Gasteiger partial charge in [-0.15, -0.1) is 24.0 Å². The fourth-order valence-electron chi connectivity index (χ4n) is 1.80. The lowest BCUT2D eigenvalue weighted by molar-refractivity contribution is -0.116. The van der Waals surface area contributed by atoms with E-state index < -0.39 is 0 Å². The first-order valence-electron chi connectivity index (χ1n) is 7.49. The van der Waals surface area contributed by atoms with Gasteiger partial charge in [-0.1, -0.05) is 22.9 Å². The molecular weight excluding hydrogens is 471 g/mol. The Morgan fingerprint density at radius 1 is 1.39 bits per heavy atom. The van der Waals surface area contributed by atoms with Gasteiger partial charge >= 0.3 is 0 Å². The second kappa shape index (κ2) is 11.7. The summed E-state index contributed by atoms with van der Waals surface area (Å²) in [5.74, 6) is 0.707. The zero-order valence-electron chi connectivity index (χ0n) is 14.1. The van der Waals surface area contributed by atoms with Crippen molar-refractivity contribution in [2.75, 3.05) is 18.9 Å². The van der Waals surface area contributed by atoms with Crippen LogP contribution < -0.4 is 16.0 Å². The largest absolute Gasteiger partial charge is 0.356 e. The van der Waals surface area contributed by atoms with Gasteiger partial charge in [-0.25, -0.2) is 0 Å². The minimum atomic E-state index is -0.0167. The van der Waals surface area contributed by atoms with E-state index in [9.17, 15) is 4.79 Å². The van der Waals surface area contributed by atoms with Crippen molar-refractivity contribution >= 4 is 57.5 Å². The van der Waals surface area contributed by atoms with E-state index in [2.05, 4.69) is 50.7 Å². The fourth-order valence-corrected chi connectivity index (χ4v) is 2.28. The van der Waals surface area contributed by atoms with Gasteiger partial charge in [0.2, 0.25) is 5.91 Å². The molecule has 130 valence electrons. The van der Waals surface area contributed by atoms with Crippen LogP contribution in [0.3, 0.4) is 0 Å². The molecule has 1 aromatic carbocycles. The average molecular weight is 497 g/mol. The number of aliphatic imine (C=N–C) groups is 1. The predicted molar refractivity (Wildman–Crippen MR) is 112 cm³/mol. The number of amides is 1. The molecule has 5 nitrogen and oxygen atoms in total. The predicted octanol–water partition coefficient (Wildman–Crippen LogP) is 3.67. The summed E-state index contributed by atoms with van der Waals surface area (Å²) in [6, 6.07) is 6.14. The lowest BCUT2D eigenvalue weighted by Crippen LogP contribution is -2.42. The quantitative estimate of drug-likeness (QED) is 0.320. The van der Waals surface area contributed by atoms with Crippen LogP contribution in [0.1, 0.15) is 32.3 Å². The number of nitrogens with one attached hydrogen (secondary N) is 3. The summed E-state index contributed by atoms with van der Waals surface area (Å²) in [7, 11) is 1.73. The molecule has 0 aliphatic heterocycles. The highest BCUT2D eigenvalue weighted by molar-refractivity contribution is 14.0. The zero-order valence-corrected chi connectivity index (χ0v) is 18.0. The number of halogens is 2. The number of benzene rings is 1. The van der Waals surface area contributed by atoms with Crippen LogP contribution in [0.5, 0.6) is 0 Å². The summed E-state index contributed by atoms with van der Waals surface area (Å²) in [6.07, 6.45) is 1.40. The van der Waals surface area contributed by atoms with Gasteiger partial charge in [0.15, 0.2) is 5.96 Å². The minimum absolute atomic E-state index is 0. The molecule has 23 heavy (non-hydrogen) atoms. The Bertz CT molecular complexity index is 537. The van der Waals surface area contributed by atoms with E-state index in [0.717, 1.165) is 28.1 Å². The number of aryl methyl sites for hydroxylation is 1. The van der Waals surface area contributed by atoms with E-state index in [0.29, 0.717) is 19.0 Å². The molecule has 0 radical (unpaired) electrons.